The summed E-state index contributed by atoms with van der Waals surface area (Å²) in [4.78, 5) is 14.5. The maximum atomic E-state index is 12.2. The smallest absolute Gasteiger partial charge is 0.137 e. The molecule has 0 aromatic heterocycles. The van der Waals surface area contributed by atoms with Gasteiger partial charge in [0.15, 0.2) is 0 Å². The maximum absolute atomic E-state index is 12.2. The van der Waals surface area contributed by atoms with Crippen LogP contribution in [0.5, 0.6) is 0 Å². The van der Waals surface area contributed by atoms with Crippen molar-refractivity contribution >= 4 is 5.78 Å². The summed E-state index contributed by atoms with van der Waals surface area (Å²) >= 11 is 0. The number of carbonyl (C=O) groups excluding carboxylic acids is 1. The van der Waals surface area contributed by atoms with E-state index in [0.717, 1.165) is 19.3 Å². The Morgan fingerprint density at radius 1 is 1.31 bits per heavy atom. The largest absolute Gasteiger partial charge is 0.381 e. The predicted octanol–water partition coefficient (Wildman–Crippen LogP) is 1.71. The highest BCUT2D eigenvalue weighted by Crippen LogP contribution is 2.41. The van der Waals surface area contributed by atoms with E-state index >= 15 is 0 Å². The molecule has 1 aliphatic heterocycles. The molecule has 1 heterocycles. The number of fused-ring (bicyclic) bond motifs is 1. The quantitative estimate of drug-likeness (QED) is 0.680. The van der Waals surface area contributed by atoms with Gasteiger partial charge in [0.25, 0.3) is 0 Å². The van der Waals surface area contributed by atoms with Gasteiger partial charge in [-0.05, 0) is 33.7 Å². The van der Waals surface area contributed by atoms with Crippen molar-refractivity contribution in [2.75, 3.05) is 14.2 Å². The monoisotopic (exact) mass is 225 g/mol. The Bertz CT molecular complexity index is 279. The van der Waals surface area contributed by atoms with Gasteiger partial charge in [-0.25, -0.2) is 0 Å². The standard InChI is InChI=1S/C13H23NO2/c1-8-12-10(15)6-5-7-11(16-4)13(12)9(2)14(8)3/h8-9,11-13H,5-7H2,1-4H3. The zero-order valence-electron chi connectivity index (χ0n) is 10.8. The molecule has 1 saturated carbocycles. The third-order valence-electron chi connectivity index (χ3n) is 4.79. The molecule has 16 heavy (non-hydrogen) atoms. The lowest BCUT2D eigenvalue weighted by atomic mass is 9.82. The molecule has 1 saturated heterocycles. The molecule has 92 valence electrons. The molecule has 0 spiro atoms. The Labute approximate surface area is 98.1 Å². The summed E-state index contributed by atoms with van der Waals surface area (Å²) in [5.41, 5.74) is 0. The lowest BCUT2D eigenvalue weighted by Gasteiger charge is -2.28. The van der Waals surface area contributed by atoms with E-state index in [1.807, 2.05) is 0 Å². The molecule has 5 atom stereocenters. The summed E-state index contributed by atoms with van der Waals surface area (Å²) in [6.07, 6.45) is 3.03. The maximum Gasteiger partial charge on any atom is 0.137 e. The molecule has 0 aromatic rings. The van der Waals surface area contributed by atoms with Crippen molar-refractivity contribution in [1.82, 2.24) is 4.90 Å². The summed E-state index contributed by atoms with van der Waals surface area (Å²) in [5.74, 6) is 1.03. The van der Waals surface area contributed by atoms with E-state index in [1.54, 1.807) is 7.11 Å². The molecule has 0 radical (unpaired) electrons. The van der Waals surface area contributed by atoms with Gasteiger partial charge in [-0.2, -0.15) is 0 Å². The topological polar surface area (TPSA) is 29.5 Å². The van der Waals surface area contributed by atoms with E-state index in [4.69, 9.17) is 4.74 Å². The lowest BCUT2D eigenvalue weighted by molar-refractivity contribution is -0.124. The molecule has 0 aromatic carbocycles. The average molecular weight is 225 g/mol. The van der Waals surface area contributed by atoms with Gasteiger partial charge in [0.05, 0.1) is 6.10 Å². The number of hydrogen-bond donors (Lipinski definition) is 0. The molecular formula is C13H23NO2. The van der Waals surface area contributed by atoms with Crippen LogP contribution in [0.1, 0.15) is 33.1 Å². The predicted molar refractivity (Wildman–Crippen MR) is 63.3 cm³/mol. The van der Waals surface area contributed by atoms with Gasteiger partial charge in [-0.15, -0.1) is 0 Å². The van der Waals surface area contributed by atoms with E-state index in [1.165, 1.54) is 0 Å². The fourth-order valence-electron chi connectivity index (χ4n) is 3.65. The summed E-state index contributed by atoms with van der Waals surface area (Å²) < 4.78 is 5.62. The Kier molecular flexibility index (Phi) is 3.36. The van der Waals surface area contributed by atoms with Crippen molar-refractivity contribution in [3.8, 4) is 0 Å². The number of ketones is 1. The van der Waals surface area contributed by atoms with Crippen LogP contribution in [0.3, 0.4) is 0 Å². The normalized spacial score (nSPS) is 45.5. The molecule has 3 heteroatoms. The van der Waals surface area contributed by atoms with Crippen LogP contribution < -0.4 is 0 Å². The van der Waals surface area contributed by atoms with Gasteiger partial charge >= 0.3 is 0 Å². The van der Waals surface area contributed by atoms with Crippen LogP contribution in [0.2, 0.25) is 0 Å². The zero-order chi connectivity index (χ0) is 11.9. The van der Waals surface area contributed by atoms with Crippen LogP contribution in [0.15, 0.2) is 0 Å². The molecule has 5 unspecified atom stereocenters. The van der Waals surface area contributed by atoms with Gasteiger partial charge in [-0.3, -0.25) is 9.69 Å². The minimum Gasteiger partial charge on any atom is -0.381 e. The Hall–Kier alpha value is -0.410. The first-order chi connectivity index (χ1) is 7.57. The summed E-state index contributed by atoms with van der Waals surface area (Å²) in [6, 6.07) is 0.815. The van der Waals surface area contributed by atoms with Crippen molar-refractivity contribution in [2.24, 2.45) is 11.8 Å². The van der Waals surface area contributed by atoms with Crippen LogP contribution in [0.4, 0.5) is 0 Å². The van der Waals surface area contributed by atoms with Crippen LogP contribution in [0.25, 0.3) is 0 Å². The number of ether oxygens (including phenoxy) is 1. The van der Waals surface area contributed by atoms with Crippen molar-refractivity contribution in [2.45, 2.75) is 51.3 Å². The Morgan fingerprint density at radius 3 is 2.62 bits per heavy atom. The molecule has 0 bridgehead atoms. The highest BCUT2D eigenvalue weighted by atomic mass is 16.5. The van der Waals surface area contributed by atoms with E-state index in [-0.39, 0.29) is 12.0 Å². The van der Waals surface area contributed by atoms with Gasteiger partial charge < -0.3 is 4.74 Å². The van der Waals surface area contributed by atoms with Crippen LogP contribution in [0, 0.1) is 11.8 Å². The summed E-state index contributed by atoms with van der Waals surface area (Å²) in [7, 11) is 3.91. The highest BCUT2D eigenvalue weighted by Gasteiger charge is 2.50. The van der Waals surface area contributed by atoms with E-state index in [0.29, 0.717) is 23.8 Å². The fraction of sp³-hybridized carbons (Fsp3) is 0.923. The van der Waals surface area contributed by atoms with Crippen LogP contribution in [-0.2, 0) is 9.53 Å². The first-order valence-corrected chi connectivity index (χ1v) is 6.35. The van der Waals surface area contributed by atoms with Crippen molar-refractivity contribution in [3.63, 3.8) is 0 Å². The number of methoxy groups -OCH3 is 1. The van der Waals surface area contributed by atoms with Crippen molar-refractivity contribution < 1.29 is 9.53 Å². The molecular weight excluding hydrogens is 202 g/mol. The average Bonchev–Trinajstić information content (AvgIpc) is 2.43. The van der Waals surface area contributed by atoms with Crippen LogP contribution >= 0.6 is 0 Å². The molecule has 2 fully saturated rings. The first-order valence-electron chi connectivity index (χ1n) is 6.35. The molecule has 3 nitrogen and oxygen atoms in total. The number of nitrogens with zero attached hydrogens (tertiary/aromatic N) is 1. The number of likely N-dealkylation sites (tertiary alicyclic amines) is 1. The minimum atomic E-state index is 0.187. The van der Waals surface area contributed by atoms with Gasteiger partial charge in [0.2, 0.25) is 0 Å². The summed E-state index contributed by atoms with van der Waals surface area (Å²) in [6.45, 7) is 4.41. The zero-order valence-corrected chi connectivity index (χ0v) is 10.8. The molecule has 2 rings (SSSR count). The van der Waals surface area contributed by atoms with E-state index < -0.39 is 0 Å². The Balaban J connectivity index is 2.31. The number of hydrogen-bond acceptors (Lipinski definition) is 3. The van der Waals surface area contributed by atoms with Gasteiger partial charge in [0.1, 0.15) is 5.78 Å². The van der Waals surface area contributed by atoms with Crippen molar-refractivity contribution in [3.05, 3.63) is 0 Å². The second-order valence-electron chi connectivity index (χ2n) is 5.38. The second kappa shape index (κ2) is 4.46. The van der Waals surface area contributed by atoms with Gasteiger partial charge in [-0.1, -0.05) is 0 Å². The molecule has 1 aliphatic carbocycles. The lowest BCUT2D eigenvalue weighted by Crippen LogP contribution is -2.35. The van der Waals surface area contributed by atoms with Crippen LogP contribution in [-0.4, -0.2) is 43.0 Å². The number of carbonyl (C=O) groups is 1. The first kappa shape index (κ1) is 12.1. The van der Waals surface area contributed by atoms with E-state index in [9.17, 15) is 4.79 Å². The third-order valence-corrected chi connectivity index (χ3v) is 4.79. The highest BCUT2D eigenvalue weighted by molar-refractivity contribution is 5.82. The molecule has 0 N–H and O–H groups in total. The van der Waals surface area contributed by atoms with Gasteiger partial charge in [0, 0.05) is 37.5 Å². The van der Waals surface area contributed by atoms with E-state index in [2.05, 4.69) is 25.8 Å². The fourth-order valence-corrected chi connectivity index (χ4v) is 3.65. The summed E-state index contributed by atoms with van der Waals surface area (Å²) in [5, 5.41) is 0. The SMILES string of the molecule is COC1CCCC(=O)C2C1C(C)N(C)C2C. The number of Topliss-reactive ketones (excluding diaryl/α,β-unsaturated/α-hetero) is 1. The molecule has 0 amide bonds. The third kappa shape index (κ3) is 1.70. The molecule has 2 aliphatic rings. The minimum absolute atomic E-state index is 0.187. The number of rotatable bonds is 1. The Morgan fingerprint density at radius 2 is 2.00 bits per heavy atom. The second-order valence-corrected chi connectivity index (χ2v) is 5.38. The van der Waals surface area contributed by atoms with Crippen molar-refractivity contribution in [1.29, 1.82) is 0 Å².